The Morgan fingerprint density at radius 3 is 2.30 bits per heavy atom. The fourth-order valence-electron chi connectivity index (χ4n) is 3.46. The highest BCUT2D eigenvalue weighted by Crippen LogP contribution is 2.38. The van der Waals surface area contributed by atoms with Crippen molar-refractivity contribution in [3.63, 3.8) is 0 Å². The fraction of sp³-hybridized carbons (Fsp3) is 1.00. The molecule has 20 heavy (non-hydrogen) atoms. The normalized spacial score (nSPS) is 25.4. The zero-order valence-electron chi connectivity index (χ0n) is 12.7. The van der Waals surface area contributed by atoms with Gasteiger partial charge in [0, 0.05) is 38.7 Å². The molecule has 2 fully saturated rings. The van der Waals surface area contributed by atoms with Crippen molar-refractivity contribution in [1.82, 2.24) is 8.61 Å². The smallest absolute Gasteiger partial charge is 0.281 e. The summed E-state index contributed by atoms with van der Waals surface area (Å²) >= 11 is 0. The van der Waals surface area contributed by atoms with E-state index < -0.39 is 10.2 Å². The lowest BCUT2D eigenvalue weighted by Crippen LogP contribution is -2.49. The van der Waals surface area contributed by atoms with Crippen molar-refractivity contribution in [2.24, 2.45) is 11.3 Å². The molecule has 0 unspecified atom stereocenters. The van der Waals surface area contributed by atoms with Crippen LogP contribution in [-0.2, 0) is 10.2 Å². The van der Waals surface area contributed by atoms with E-state index in [1.165, 1.54) is 4.31 Å². The van der Waals surface area contributed by atoms with E-state index in [0.717, 1.165) is 38.5 Å². The Bertz CT molecular complexity index is 410. The van der Waals surface area contributed by atoms with Gasteiger partial charge in [-0.05, 0) is 31.6 Å². The standard InChI is InChI=1S/C14H28N2O3S/c1-13-5-9-16(10-6-13)20(18,19)15(2)11-14(12-17)7-3-4-8-14/h13,17H,3-12H2,1-2H3. The molecule has 0 aromatic carbocycles. The molecule has 1 aliphatic carbocycles. The SMILES string of the molecule is CC1CCN(S(=O)(=O)N(C)CC2(CO)CCCC2)CC1. The summed E-state index contributed by atoms with van der Waals surface area (Å²) < 4.78 is 28.3. The monoisotopic (exact) mass is 304 g/mol. The number of piperidine rings is 1. The third-order valence-electron chi connectivity index (χ3n) is 5.02. The summed E-state index contributed by atoms with van der Waals surface area (Å²) in [6.07, 6.45) is 5.93. The quantitative estimate of drug-likeness (QED) is 0.836. The second-order valence-electron chi connectivity index (χ2n) is 6.71. The van der Waals surface area contributed by atoms with Gasteiger partial charge in [-0.25, -0.2) is 0 Å². The van der Waals surface area contributed by atoms with Crippen molar-refractivity contribution in [3.05, 3.63) is 0 Å². The fourth-order valence-corrected chi connectivity index (χ4v) is 4.96. The number of hydrogen-bond donors (Lipinski definition) is 1. The van der Waals surface area contributed by atoms with Crippen molar-refractivity contribution in [3.8, 4) is 0 Å². The number of hydrogen-bond acceptors (Lipinski definition) is 3. The maximum atomic E-state index is 12.6. The van der Waals surface area contributed by atoms with Crippen LogP contribution in [0.1, 0.15) is 45.4 Å². The minimum Gasteiger partial charge on any atom is -0.396 e. The van der Waals surface area contributed by atoms with Crippen LogP contribution in [0.4, 0.5) is 0 Å². The Kier molecular flexibility index (Phi) is 5.10. The van der Waals surface area contributed by atoms with Gasteiger partial charge in [0.1, 0.15) is 0 Å². The van der Waals surface area contributed by atoms with Crippen molar-refractivity contribution in [1.29, 1.82) is 0 Å². The van der Waals surface area contributed by atoms with Gasteiger partial charge in [0.25, 0.3) is 10.2 Å². The van der Waals surface area contributed by atoms with Gasteiger partial charge < -0.3 is 5.11 Å². The molecular formula is C14H28N2O3S. The molecule has 1 heterocycles. The van der Waals surface area contributed by atoms with Crippen molar-refractivity contribution in [2.45, 2.75) is 45.4 Å². The molecule has 1 saturated heterocycles. The summed E-state index contributed by atoms with van der Waals surface area (Å²) in [6.45, 7) is 3.95. The molecule has 0 aromatic rings. The van der Waals surface area contributed by atoms with Gasteiger partial charge in [-0.2, -0.15) is 17.0 Å². The lowest BCUT2D eigenvalue weighted by molar-refractivity contribution is 0.109. The first-order valence-corrected chi connectivity index (χ1v) is 9.12. The van der Waals surface area contributed by atoms with E-state index in [1.807, 2.05) is 0 Å². The van der Waals surface area contributed by atoms with Crippen LogP contribution in [0.15, 0.2) is 0 Å². The summed E-state index contributed by atoms with van der Waals surface area (Å²) in [4.78, 5) is 0. The lowest BCUT2D eigenvalue weighted by Gasteiger charge is -2.36. The maximum absolute atomic E-state index is 12.6. The van der Waals surface area contributed by atoms with E-state index in [9.17, 15) is 13.5 Å². The Morgan fingerprint density at radius 1 is 1.25 bits per heavy atom. The molecule has 0 atom stereocenters. The molecule has 1 saturated carbocycles. The average Bonchev–Trinajstić information content (AvgIpc) is 2.88. The molecule has 6 heteroatoms. The zero-order valence-corrected chi connectivity index (χ0v) is 13.5. The van der Waals surface area contributed by atoms with Gasteiger partial charge in [0.15, 0.2) is 0 Å². The number of nitrogens with zero attached hydrogens (tertiary/aromatic N) is 2. The largest absolute Gasteiger partial charge is 0.396 e. The third kappa shape index (κ3) is 3.35. The lowest BCUT2D eigenvalue weighted by atomic mass is 9.87. The van der Waals surface area contributed by atoms with Gasteiger partial charge in [0.2, 0.25) is 0 Å². The third-order valence-corrected chi connectivity index (χ3v) is 6.96. The summed E-state index contributed by atoms with van der Waals surface area (Å²) in [5.41, 5.74) is -0.217. The summed E-state index contributed by atoms with van der Waals surface area (Å²) in [7, 11) is -1.71. The molecule has 5 nitrogen and oxygen atoms in total. The van der Waals surface area contributed by atoms with E-state index in [-0.39, 0.29) is 12.0 Å². The van der Waals surface area contributed by atoms with Gasteiger partial charge in [-0.3, -0.25) is 0 Å². The second kappa shape index (κ2) is 6.30. The second-order valence-corrected chi connectivity index (χ2v) is 8.75. The van der Waals surface area contributed by atoms with Crippen LogP contribution in [0.2, 0.25) is 0 Å². The van der Waals surface area contributed by atoms with Crippen LogP contribution in [-0.4, -0.2) is 55.4 Å². The van der Waals surface area contributed by atoms with Crippen molar-refractivity contribution in [2.75, 3.05) is 33.3 Å². The molecule has 0 radical (unpaired) electrons. The molecule has 0 bridgehead atoms. The predicted octanol–water partition coefficient (Wildman–Crippen LogP) is 1.45. The highest BCUT2D eigenvalue weighted by Gasteiger charge is 2.39. The van der Waals surface area contributed by atoms with E-state index in [2.05, 4.69) is 6.92 Å². The van der Waals surface area contributed by atoms with Gasteiger partial charge in [0.05, 0.1) is 0 Å². The Morgan fingerprint density at radius 2 is 1.80 bits per heavy atom. The minimum atomic E-state index is -3.37. The Hall–Kier alpha value is -0.170. The highest BCUT2D eigenvalue weighted by molar-refractivity contribution is 7.86. The number of rotatable bonds is 5. The van der Waals surface area contributed by atoms with Crippen LogP contribution >= 0.6 is 0 Å². The molecule has 1 aliphatic heterocycles. The molecule has 2 rings (SSSR count). The van der Waals surface area contributed by atoms with E-state index in [4.69, 9.17) is 0 Å². The number of aliphatic hydroxyl groups excluding tert-OH is 1. The highest BCUT2D eigenvalue weighted by atomic mass is 32.2. The van der Waals surface area contributed by atoms with E-state index >= 15 is 0 Å². The van der Waals surface area contributed by atoms with Gasteiger partial charge in [-0.1, -0.05) is 19.8 Å². The minimum absolute atomic E-state index is 0.0872. The topological polar surface area (TPSA) is 60.9 Å². The van der Waals surface area contributed by atoms with E-state index in [0.29, 0.717) is 25.6 Å². The molecule has 1 N–H and O–H groups in total. The first-order chi connectivity index (χ1) is 9.39. The summed E-state index contributed by atoms with van der Waals surface area (Å²) in [5.74, 6) is 0.616. The summed E-state index contributed by atoms with van der Waals surface area (Å²) in [6, 6.07) is 0. The van der Waals surface area contributed by atoms with Crippen molar-refractivity contribution < 1.29 is 13.5 Å². The Balaban J connectivity index is 2.01. The van der Waals surface area contributed by atoms with Gasteiger partial charge in [-0.15, -0.1) is 0 Å². The number of aliphatic hydroxyl groups is 1. The molecule has 0 spiro atoms. The molecule has 2 aliphatic rings. The summed E-state index contributed by atoms with van der Waals surface area (Å²) in [5, 5.41) is 9.64. The zero-order chi connectivity index (χ0) is 14.8. The van der Waals surface area contributed by atoms with E-state index in [1.54, 1.807) is 11.4 Å². The first kappa shape index (κ1) is 16.2. The maximum Gasteiger partial charge on any atom is 0.281 e. The molecule has 118 valence electrons. The Labute approximate surface area is 123 Å². The van der Waals surface area contributed by atoms with Crippen LogP contribution in [0.5, 0.6) is 0 Å². The van der Waals surface area contributed by atoms with Crippen LogP contribution in [0.3, 0.4) is 0 Å². The molecule has 0 aromatic heterocycles. The van der Waals surface area contributed by atoms with Crippen LogP contribution < -0.4 is 0 Å². The van der Waals surface area contributed by atoms with Crippen LogP contribution in [0, 0.1) is 11.3 Å². The molecule has 0 amide bonds. The average molecular weight is 304 g/mol. The predicted molar refractivity (Wildman–Crippen MR) is 79.5 cm³/mol. The van der Waals surface area contributed by atoms with Gasteiger partial charge >= 0.3 is 0 Å². The van der Waals surface area contributed by atoms with Crippen LogP contribution in [0.25, 0.3) is 0 Å². The van der Waals surface area contributed by atoms with Crippen molar-refractivity contribution >= 4 is 10.2 Å². The molecular weight excluding hydrogens is 276 g/mol. The first-order valence-electron chi connectivity index (χ1n) is 7.72.